The summed E-state index contributed by atoms with van der Waals surface area (Å²) >= 11 is 0. The summed E-state index contributed by atoms with van der Waals surface area (Å²) in [5.41, 5.74) is -0.295. The summed E-state index contributed by atoms with van der Waals surface area (Å²) in [7, 11) is 2.18. The number of rotatable bonds is 7. The number of hydrogen-bond donors (Lipinski definition) is 0. The molecule has 1 aromatic heterocycles. The fourth-order valence-corrected chi connectivity index (χ4v) is 4.51. The highest BCUT2D eigenvalue weighted by Gasteiger charge is 2.37. The van der Waals surface area contributed by atoms with E-state index in [1.54, 1.807) is 61.1 Å². The van der Waals surface area contributed by atoms with Crippen LogP contribution >= 0.6 is 0 Å². The molecule has 1 fully saturated rings. The Morgan fingerprint density at radius 2 is 1.75 bits per heavy atom. The molecular formula is C26H29N3O3. The largest absolute Gasteiger partial charge is 0.834 e. The summed E-state index contributed by atoms with van der Waals surface area (Å²) in [6.07, 6.45) is 5.58. The Balaban J connectivity index is 1.49. The molecule has 2 heterocycles. The molecule has 0 radical (unpaired) electrons. The second-order valence-corrected chi connectivity index (χ2v) is 8.78. The number of likely N-dealkylation sites (tertiary alicyclic amines) is 1. The summed E-state index contributed by atoms with van der Waals surface area (Å²) in [6.45, 7) is 2.60. The van der Waals surface area contributed by atoms with Crippen LogP contribution in [0.1, 0.15) is 29.7 Å². The number of likely N-dealkylation sites (N-methyl/N-ethyl adjacent to an activating group) is 1. The zero-order valence-electron chi connectivity index (χ0n) is 18.4. The quantitative estimate of drug-likeness (QED) is 0.424. The zero-order chi connectivity index (χ0) is 22.4. The normalized spacial score (nSPS) is 21.1. The predicted molar refractivity (Wildman–Crippen MR) is 119 cm³/mol. The van der Waals surface area contributed by atoms with Crippen LogP contribution in [0.4, 0.5) is 0 Å². The number of ether oxygens (including phenoxy) is 1. The Kier molecular flexibility index (Phi) is 6.63. The van der Waals surface area contributed by atoms with Crippen LogP contribution in [0.2, 0.25) is 0 Å². The van der Waals surface area contributed by atoms with Crippen molar-refractivity contribution in [3.8, 4) is 0 Å². The van der Waals surface area contributed by atoms with Gasteiger partial charge in [-0.2, -0.15) is 0 Å². The van der Waals surface area contributed by atoms with Gasteiger partial charge in [0.1, 0.15) is 12.9 Å². The highest BCUT2D eigenvalue weighted by atomic mass is 16.6. The third kappa shape index (κ3) is 4.87. The molecule has 0 spiro atoms. The minimum Gasteiger partial charge on any atom is -0.834 e. The van der Waals surface area contributed by atoms with Gasteiger partial charge in [-0.25, -0.2) is 9.97 Å². The predicted octanol–water partition coefficient (Wildman–Crippen LogP) is 2.48. The van der Waals surface area contributed by atoms with E-state index in [1.807, 2.05) is 18.2 Å². The maximum Gasteiger partial charge on any atom is 0.304 e. The number of nitrogens with zero attached hydrogens (tertiary/aromatic N) is 3. The molecule has 2 aromatic carbocycles. The first-order valence-electron chi connectivity index (χ1n) is 11.1. The Morgan fingerprint density at radius 3 is 2.34 bits per heavy atom. The molecule has 2 atom stereocenters. The average molecular weight is 432 g/mol. The van der Waals surface area contributed by atoms with E-state index in [2.05, 4.69) is 17.0 Å². The lowest BCUT2D eigenvalue weighted by molar-refractivity contribution is -0.916. The maximum absolute atomic E-state index is 14.1. The van der Waals surface area contributed by atoms with Crippen LogP contribution in [0.15, 0.2) is 79.3 Å². The summed E-state index contributed by atoms with van der Waals surface area (Å²) in [4.78, 5) is 21.7. The van der Waals surface area contributed by atoms with Crippen molar-refractivity contribution in [1.29, 1.82) is 0 Å². The third-order valence-corrected chi connectivity index (χ3v) is 6.34. The topological polar surface area (TPSA) is 75.1 Å². The van der Waals surface area contributed by atoms with Gasteiger partial charge in [0, 0.05) is 30.3 Å². The summed E-state index contributed by atoms with van der Waals surface area (Å²) in [6, 6.07) is 19.5. The lowest BCUT2D eigenvalue weighted by atomic mass is 9.86. The van der Waals surface area contributed by atoms with Gasteiger partial charge >= 0.3 is 5.97 Å². The van der Waals surface area contributed by atoms with Crippen molar-refractivity contribution >= 4 is 5.97 Å². The Bertz CT molecular complexity index is 975. The highest BCUT2D eigenvalue weighted by Crippen LogP contribution is 2.30. The molecule has 6 nitrogen and oxygen atoms in total. The fourth-order valence-electron chi connectivity index (χ4n) is 4.51. The fraction of sp³-hybridized carbons (Fsp3) is 0.346. The van der Waals surface area contributed by atoms with Crippen molar-refractivity contribution in [3.05, 3.63) is 96.1 Å². The van der Waals surface area contributed by atoms with Gasteiger partial charge in [0.2, 0.25) is 0 Å². The van der Waals surface area contributed by atoms with E-state index in [0.717, 1.165) is 42.5 Å². The van der Waals surface area contributed by atoms with Gasteiger partial charge in [-0.05, 0) is 23.6 Å². The van der Waals surface area contributed by atoms with Gasteiger partial charge in [0.15, 0.2) is 6.10 Å². The number of piperidine rings is 1. The Hall–Kier alpha value is -3.09. The molecular weight excluding hydrogens is 402 g/mol. The SMILES string of the molecule is C[N@+]1(CCc2ccncn2)CCCC(OC(=O)C([O-])(c2ccccc2)c2ccccc2)C1. The van der Waals surface area contributed by atoms with E-state index in [0.29, 0.717) is 17.7 Å². The lowest BCUT2D eigenvalue weighted by Gasteiger charge is -2.44. The van der Waals surface area contributed by atoms with Gasteiger partial charge < -0.3 is 14.3 Å². The molecule has 1 aliphatic rings. The standard InChI is InChI=1S/C26H29N3O3/c1-29(18-15-23-14-16-27-20-28-23)17-8-13-24(19-29)32-25(30)26(31,21-9-4-2-5-10-21)22-11-6-3-7-12-22/h2-7,9-12,14,16,20,24H,8,13,15,17-19H2,1H3/t24?,29-/m1/s1. The van der Waals surface area contributed by atoms with Gasteiger partial charge in [-0.1, -0.05) is 60.7 Å². The molecule has 1 saturated heterocycles. The number of quaternary nitrogens is 1. The average Bonchev–Trinajstić information content (AvgIpc) is 2.84. The van der Waals surface area contributed by atoms with Crippen molar-refractivity contribution < 1.29 is 19.1 Å². The van der Waals surface area contributed by atoms with E-state index in [1.165, 1.54) is 0 Å². The minimum atomic E-state index is -2.09. The summed E-state index contributed by atoms with van der Waals surface area (Å²) in [5, 5.41) is 14.1. The number of benzene rings is 2. The monoisotopic (exact) mass is 431 g/mol. The van der Waals surface area contributed by atoms with Crippen LogP contribution in [0.5, 0.6) is 0 Å². The molecule has 0 aliphatic carbocycles. The van der Waals surface area contributed by atoms with Crippen LogP contribution in [-0.2, 0) is 21.6 Å². The van der Waals surface area contributed by atoms with Crippen LogP contribution in [0, 0.1) is 0 Å². The second kappa shape index (κ2) is 9.59. The number of carbonyl (C=O) groups excluding carboxylic acids is 1. The maximum atomic E-state index is 14.1. The zero-order valence-corrected chi connectivity index (χ0v) is 18.4. The first-order chi connectivity index (χ1) is 15.5. The van der Waals surface area contributed by atoms with Crippen molar-refractivity contribution in [1.82, 2.24) is 9.97 Å². The van der Waals surface area contributed by atoms with E-state index in [9.17, 15) is 9.90 Å². The van der Waals surface area contributed by atoms with Crippen molar-refractivity contribution in [2.24, 2.45) is 0 Å². The lowest BCUT2D eigenvalue weighted by Crippen LogP contribution is -2.57. The smallest absolute Gasteiger partial charge is 0.304 e. The molecule has 0 N–H and O–H groups in total. The van der Waals surface area contributed by atoms with E-state index in [4.69, 9.17) is 4.74 Å². The van der Waals surface area contributed by atoms with E-state index < -0.39 is 11.6 Å². The van der Waals surface area contributed by atoms with Crippen molar-refractivity contribution in [2.75, 3.05) is 26.7 Å². The van der Waals surface area contributed by atoms with E-state index in [-0.39, 0.29) is 6.10 Å². The number of esters is 1. The third-order valence-electron chi connectivity index (χ3n) is 6.34. The minimum absolute atomic E-state index is 0.285. The highest BCUT2D eigenvalue weighted by molar-refractivity contribution is 5.85. The molecule has 3 aromatic rings. The summed E-state index contributed by atoms with van der Waals surface area (Å²) < 4.78 is 6.70. The van der Waals surface area contributed by atoms with Crippen LogP contribution in [-0.4, -0.2) is 53.2 Å². The van der Waals surface area contributed by atoms with Gasteiger partial charge in [0.25, 0.3) is 0 Å². The second-order valence-electron chi connectivity index (χ2n) is 8.78. The summed E-state index contributed by atoms with van der Waals surface area (Å²) in [5.74, 6) is -0.732. The molecule has 32 heavy (non-hydrogen) atoms. The first-order valence-corrected chi connectivity index (χ1v) is 11.1. The van der Waals surface area contributed by atoms with Crippen LogP contribution in [0.25, 0.3) is 0 Å². The molecule has 1 unspecified atom stereocenters. The number of aromatic nitrogens is 2. The van der Waals surface area contributed by atoms with Gasteiger partial charge in [-0.15, -0.1) is 0 Å². The Morgan fingerprint density at radius 1 is 1.09 bits per heavy atom. The number of carbonyl (C=O) groups is 1. The molecule has 0 saturated carbocycles. The molecule has 0 amide bonds. The van der Waals surface area contributed by atoms with Gasteiger partial charge in [0.05, 0.1) is 20.1 Å². The molecule has 6 heteroatoms. The molecule has 4 rings (SSSR count). The van der Waals surface area contributed by atoms with Crippen molar-refractivity contribution in [2.45, 2.75) is 31.0 Å². The van der Waals surface area contributed by atoms with E-state index >= 15 is 0 Å². The first kappa shape index (κ1) is 22.1. The van der Waals surface area contributed by atoms with Crippen LogP contribution < -0.4 is 5.11 Å². The van der Waals surface area contributed by atoms with Gasteiger partial charge in [-0.3, -0.25) is 4.79 Å². The van der Waals surface area contributed by atoms with Crippen LogP contribution in [0.3, 0.4) is 0 Å². The Labute approximate surface area is 189 Å². The molecule has 0 bridgehead atoms. The molecule has 166 valence electrons. The molecule has 1 aliphatic heterocycles. The van der Waals surface area contributed by atoms with Crippen molar-refractivity contribution in [3.63, 3.8) is 0 Å². The number of hydrogen-bond acceptors (Lipinski definition) is 5.